The Morgan fingerprint density at radius 3 is 2.61 bits per heavy atom. The molecule has 0 saturated heterocycles. The van der Waals surface area contributed by atoms with Crippen LogP contribution in [0, 0.1) is 12.8 Å². The van der Waals surface area contributed by atoms with Crippen molar-refractivity contribution in [2.24, 2.45) is 5.92 Å². The van der Waals surface area contributed by atoms with E-state index in [-0.39, 0.29) is 0 Å². The summed E-state index contributed by atoms with van der Waals surface area (Å²) in [5.74, 6) is 0.677. The highest BCUT2D eigenvalue weighted by molar-refractivity contribution is 7.15. The van der Waals surface area contributed by atoms with Crippen LogP contribution in [-0.4, -0.2) is 24.6 Å². The monoisotopic (exact) mass is 269 g/mol. The van der Waals surface area contributed by atoms with E-state index < -0.39 is 0 Å². The van der Waals surface area contributed by atoms with Gasteiger partial charge in [-0.05, 0) is 32.7 Å². The summed E-state index contributed by atoms with van der Waals surface area (Å²) >= 11 is 1.84. The number of hydrogen-bond acceptors (Lipinski definition) is 4. The average Bonchev–Trinajstić information content (AvgIpc) is 2.68. The van der Waals surface area contributed by atoms with Gasteiger partial charge in [0.2, 0.25) is 0 Å². The van der Waals surface area contributed by atoms with Gasteiger partial charge in [0.1, 0.15) is 0 Å². The zero-order chi connectivity index (χ0) is 13.5. The Hall–Kier alpha value is -0.610. The predicted molar refractivity (Wildman–Crippen MR) is 81.6 cm³/mol. The molecule has 0 aliphatic rings. The van der Waals surface area contributed by atoms with Gasteiger partial charge in [-0.2, -0.15) is 0 Å². The molecule has 1 rings (SSSR count). The topological polar surface area (TPSA) is 28.2 Å². The first-order valence-corrected chi connectivity index (χ1v) is 7.82. The maximum absolute atomic E-state index is 4.72. The molecule has 18 heavy (non-hydrogen) atoms. The second-order valence-electron chi connectivity index (χ2n) is 5.11. The van der Waals surface area contributed by atoms with Crippen LogP contribution in [0.3, 0.4) is 0 Å². The number of anilines is 1. The fraction of sp³-hybridized carbons (Fsp3) is 0.786. The molecule has 0 atom stereocenters. The lowest BCUT2D eigenvalue weighted by Crippen LogP contribution is -2.26. The minimum Gasteiger partial charge on any atom is -0.348 e. The normalized spacial score (nSPS) is 11.2. The Morgan fingerprint density at radius 1 is 1.33 bits per heavy atom. The number of nitrogens with one attached hydrogen (secondary N) is 1. The summed E-state index contributed by atoms with van der Waals surface area (Å²) in [6.07, 6.45) is 1.18. The van der Waals surface area contributed by atoms with Gasteiger partial charge in [0.15, 0.2) is 5.13 Å². The highest BCUT2D eigenvalue weighted by Gasteiger charge is 2.13. The summed E-state index contributed by atoms with van der Waals surface area (Å²) in [7, 11) is 0. The van der Waals surface area contributed by atoms with Gasteiger partial charge in [0, 0.05) is 24.5 Å². The quantitative estimate of drug-likeness (QED) is 0.733. The molecule has 0 amide bonds. The second kappa shape index (κ2) is 7.74. The molecule has 0 unspecified atom stereocenters. The third kappa shape index (κ3) is 4.58. The van der Waals surface area contributed by atoms with Gasteiger partial charge >= 0.3 is 0 Å². The largest absolute Gasteiger partial charge is 0.348 e. The van der Waals surface area contributed by atoms with Gasteiger partial charge in [-0.3, -0.25) is 0 Å². The van der Waals surface area contributed by atoms with Crippen LogP contribution in [0.4, 0.5) is 5.13 Å². The Labute approximate surface area is 116 Å². The Morgan fingerprint density at radius 2 is 2.06 bits per heavy atom. The third-order valence-electron chi connectivity index (χ3n) is 2.83. The summed E-state index contributed by atoms with van der Waals surface area (Å²) in [5.41, 5.74) is 1.18. The molecule has 0 fully saturated rings. The van der Waals surface area contributed by atoms with Crippen molar-refractivity contribution < 1.29 is 0 Å². The van der Waals surface area contributed by atoms with E-state index in [1.807, 2.05) is 11.3 Å². The van der Waals surface area contributed by atoms with Crippen LogP contribution in [0.15, 0.2) is 0 Å². The van der Waals surface area contributed by atoms with Crippen LogP contribution in [0.2, 0.25) is 0 Å². The van der Waals surface area contributed by atoms with Crippen LogP contribution in [0.5, 0.6) is 0 Å². The van der Waals surface area contributed by atoms with Crippen LogP contribution < -0.4 is 10.2 Å². The van der Waals surface area contributed by atoms with Crippen molar-refractivity contribution in [3.8, 4) is 0 Å². The van der Waals surface area contributed by atoms with E-state index in [0.717, 1.165) is 26.2 Å². The highest BCUT2D eigenvalue weighted by atomic mass is 32.1. The number of rotatable bonds is 8. The van der Waals surface area contributed by atoms with Crippen LogP contribution >= 0.6 is 11.3 Å². The first-order chi connectivity index (χ1) is 8.58. The van der Waals surface area contributed by atoms with Gasteiger partial charge < -0.3 is 10.2 Å². The summed E-state index contributed by atoms with van der Waals surface area (Å²) in [5, 5.41) is 4.63. The van der Waals surface area contributed by atoms with Crippen molar-refractivity contribution in [3.63, 3.8) is 0 Å². The van der Waals surface area contributed by atoms with Gasteiger partial charge in [-0.1, -0.05) is 20.8 Å². The molecule has 0 radical (unpaired) electrons. The summed E-state index contributed by atoms with van der Waals surface area (Å²) < 4.78 is 0. The van der Waals surface area contributed by atoms with Crippen LogP contribution in [0.1, 0.15) is 44.7 Å². The van der Waals surface area contributed by atoms with Crippen molar-refractivity contribution in [3.05, 3.63) is 10.6 Å². The van der Waals surface area contributed by atoms with Gasteiger partial charge in [-0.25, -0.2) is 4.98 Å². The van der Waals surface area contributed by atoms with E-state index in [1.54, 1.807) is 0 Å². The summed E-state index contributed by atoms with van der Waals surface area (Å²) in [6, 6.07) is 0. The molecule has 0 aliphatic heterocycles. The van der Waals surface area contributed by atoms with Gasteiger partial charge in [0.25, 0.3) is 0 Å². The maximum atomic E-state index is 4.72. The summed E-state index contributed by atoms with van der Waals surface area (Å²) in [6.45, 7) is 15.2. The molecular weight excluding hydrogens is 242 g/mol. The maximum Gasteiger partial charge on any atom is 0.185 e. The molecule has 0 aliphatic carbocycles. The lowest BCUT2D eigenvalue weighted by Gasteiger charge is -2.21. The molecule has 1 aromatic heterocycles. The van der Waals surface area contributed by atoms with E-state index in [9.17, 15) is 0 Å². The fourth-order valence-corrected chi connectivity index (χ4v) is 2.98. The van der Waals surface area contributed by atoms with Crippen LogP contribution in [-0.2, 0) is 6.54 Å². The molecule has 1 heterocycles. The van der Waals surface area contributed by atoms with Crippen molar-refractivity contribution in [1.82, 2.24) is 10.3 Å². The van der Waals surface area contributed by atoms with Crippen molar-refractivity contribution in [2.75, 3.05) is 24.5 Å². The minimum atomic E-state index is 0.677. The number of aryl methyl sites for hydroxylation is 1. The number of thiazole rings is 1. The molecule has 1 N–H and O–H groups in total. The summed E-state index contributed by atoms with van der Waals surface area (Å²) in [4.78, 5) is 8.47. The molecule has 4 heteroatoms. The minimum absolute atomic E-state index is 0.677. The van der Waals surface area contributed by atoms with E-state index in [4.69, 9.17) is 4.98 Å². The zero-order valence-corrected chi connectivity index (χ0v) is 13.2. The SMILES string of the molecule is CCCNCc1sc(N(CC)CC(C)C)nc1C. The molecule has 0 bridgehead atoms. The lowest BCUT2D eigenvalue weighted by molar-refractivity contribution is 0.617. The molecule has 0 aromatic carbocycles. The molecular formula is C14H27N3S. The molecule has 0 spiro atoms. The van der Waals surface area contributed by atoms with Gasteiger partial charge in [-0.15, -0.1) is 11.3 Å². The Bertz CT molecular complexity index is 347. The van der Waals surface area contributed by atoms with E-state index >= 15 is 0 Å². The number of nitrogens with zero attached hydrogens (tertiary/aromatic N) is 2. The highest BCUT2D eigenvalue weighted by Crippen LogP contribution is 2.26. The molecule has 0 saturated carbocycles. The molecule has 1 aromatic rings. The van der Waals surface area contributed by atoms with Crippen molar-refractivity contribution in [1.29, 1.82) is 0 Å². The first kappa shape index (κ1) is 15.4. The fourth-order valence-electron chi connectivity index (χ4n) is 1.87. The number of hydrogen-bond donors (Lipinski definition) is 1. The Kier molecular flexibility index (Phi) is 6.65. The third-order valence-corrected chi connectivity index (χ3v) is 4.05. The van der Waals surface area contributed by atoms with Crippen molar-refractivity contribution in [2.45, 2.75) is 47.6 Å². The van der Waals surface area contributed by atoms with Crippen LogP contribution in [0.25, 0.3) is 0 Å². The first-order valence-electron chi connectivity index (χ1n) is 7.00. The van der Waals surface area contributed by atoms with Crippen molar-refractivity contribution >= 4 is 16.5 Å². The standard InChI is InChI=1S/C14H27N3S/c1-6-8-15-9-13-12(5)16-14(18-13)17(7-2)10-11(3)4/h11,15H,6-10H2,1-5H3. The second-order valence-corrected chi connectivity index (χ2v) is 6.18. The van der Waals surface area contributed by atoms with E-state index in [1.165, 1.54) is 22.1 Å². The molecule has 3 nitrogen and oxygen atoms in total. The predicted octanol–water partition coefficient (Wildman–Crippen LogP) is 3.43. The Balaban J connectivity index is 2.68. The average molecular weight is 269 g/mol. The van der Waals surface area contributed by atoms with E-state index in [2.05, 4.69) is 44.8 Å². The smallest absolute Gasteiger partial charge is 0.185 e. The zero-order valence-electron chi connectivity index (χ0n) is 12.4. The lowest BCUT2D eigenvalue weighted by atomic mass is 10.2. The van der Waals surface area contributed by atoms with E-state index in [0.29, 0.717) is 5.92 Å². The molecule has 104 valence electrons. The number of aromatic nitrogens is 1. The van der Waals surface area contributed by atoms with Gasteiger partial charge in [0.05, 0.1) is 5.69 Å².